The summed E-state index contributed by atoms with van der Waals surface area (Å²) in [6.45, 7) is -0.0429. The molecule has 1 atom stereocenters. The van der Waals surface area contributed by atoms with Crippen molar-refractivity contribution in [2.75, 3.05) is 11.9 Å². The first-order valence-corrected chi connectivity index (χ1v) is 8.04. The number of benzene rings is 2. The summed E-state index contributed by atoms with van der Waals surface area (Å²) in [7, 11) is 0. The van der Waals surface area contributed by atoms with Crippen LogP contribution >= 0.6 is 11.6 Å². The van der Waals surface area contributed by atoms with Crippen LogP contribution in [0, 0.1) is 5.92 Å². The van der Waals surface area contributed by atoms with Crippen molar-refractivity contribution in [2.24, 2.45) is 5.92 Å². The number of halogens is 3. The molecule has 2 aromatic rings. The van der Waals surface area contributed by atoms with Crippen LogP contribution in [0.15, 0.2) is 36.4 Å². The molecule has 1 heterocycles. The molecule has 2 aliphatic rings. The largest absolute Gasteiger partial charge is 0.491 e. The molecular weight excluding hydrogens is 336 g/mol. The lowest BCUT2D eigenvalue weighted by molar-refractivity contribution is -0.115. The van der Waals surface area contributed by atoms with Gasteiger partial charge in [-0.3, -0.25) is 4.79 Å². The molecule has 1 aliphatic heterocycles. The van der Waals surface area contributed by atoms with E-state index < -0.39 is 11.8 Å². The molecule has 0 radical (unpaired) electrons. The van der Waals surface area contributed by atoms with Crippen LogP contribution in [-0.4, -0.2) is 18.4 Å². The number of hydrogen-bond donors (Lipinski definition) is 1. The lowest BCUT2D eigenvalue weighted by atomic mass is 10.0. The Labute approximate surface area is 142 Å². The summed E-state index contributed by atoms with van der Waals surface area (Å²) in [6.07, 6.45) is 0.212. The Kier molecular flexibility index (Phi) is 3.49. The molecule has 1 saturated carbocycles. The molecule has 4 rings (SSSR count). The van der Waals surface area contributed by atoms with E-state index in [2.05, 4.69) is 5.32 Å². The van der Waals surface area contributed by atoms with Gasteiger partial charge in [-0.25, -0.2) is 8.78 Å². The first kappa shape index (κ1) is 15.4. The molecule has 0 spiro atoms. The van der Waals surface area contributed by atoms with Crippen molar-refractivity contribution in [1.29, 1.82) is 0 Å². The van der Waals surface area contributed by atoms with Gasteiger partial charge in [-0.2, -0.15) is 0 Å². The maximum atomic E-state index is 13.0. The Hall–Kier alpha value is -2.14. The maximum absolute atomic E-state index is 13.0. The summed E-state index contributed by atoms with van der Waals surface area (Å²) in [6, 6.07) is 10.9. The Balaban J connectivity index is 1.59. The van der Waals surface area contributed by atoms with Gasteiger partial charge in [0.1, 0.15) is 5.75 Å². The van der Waals surface area contributed by atoms with E-state index in [1.807, 2.05) is 24.3 Å². The zero-order valence-electron chi connectivity index (χ0n) is 12.6. The second-order valence-corrected chi connectivity index (χ2v) is 6.57. The van der Waals surface area contributed by atoms with E-state index in [0.717, 1.165) is 22.4 Å². The minimum Gasteiger partial charge on any atom is -0.491 e. The van der Waals surface area contributed by atoms with Crippen molar-refractivity contribution >= 4 is 23.2 Å². The first-order chi connectivity index (χ1) is 11.4. The van der Waals surface area contributed by atoms with E-state index in [1.54, 1.807) is 12.1 Å². The molecular formula is C18H14ClF2NO2. The summed E-state index contributed by atoms with van der Waals surface area (Å²) in [5, 5.41) is 3.17. The number of anilines is 1. The maximum Gasteiger partial charge on any atom is 0.255 e. The Bertz CT molecular complexity index is 838. The fraction of sp³-hybridized carbons (Fsp3) is 0.278. The van der Waals surface area contributed by atoms with Gasteiger partial charge in [0.2, 0.25) is 5.91 Å². The average molecular weight is 350 g/mol. The predicted octanol–water partition coefficient (Wildman–Crippen LogP) is 4.54. The number of ether oxygens (including phenoxy) is 1. The highest BCUT2D eigenvalue weighted by molar-refractivity contribution is 6.34. The number of hydrogen-bond acceptors (Lipinski definition) is 2. The van der Waals surface area contributed by atoms with Crippen LogP contribution in [0.3, 0.4) is 0 Å². The highest BCUT2D eigenvalue weighted by Gasteiger charge is 2.57. The van der Waals surface area contributed by atoms with E-state index in [1.165, 1.54) is 0 Å². The summed E-state index contributed by atoms with van der Waals surface area (Å²) >= 11 is 6.40. The van der Waals surface area contributed by atoms with Gasteiger partial charge in [0.25, 0.3) is 5.92 Å². The minimum absolute atomic E-state index is 0.0318. The van der Waals surface area contributed by atoms with Crippen LogP contribution in [0.1, 0.15) is 12.0 Å². The van der Waals surface area contributed by atoms with Crippen LogP contribution < -0.4 is 10.1 Å². The Morgan fingerprint density at radius 1 is 1.29 bits per heavy atom. The van der Waals surface area contributed by atoms with Gasteiger partial charge < -0.3 is 10.1 Å². The van der Waals surface area contributed by atoms with Crippen molar-refractivity contribution in [3.8, 4) is 16.9 Å². The second kappa shape index (κ2) is 5.45. The number of fused-ring (bicyclic) bond motifs is 1. The lowest BCUT2D eigenvalue weighted by Crippen LogP contribution is -2.06. The third-order valence-electron chi connectivity index (χ3n) is 4.40. The van der Waals surface area contributed by atoms with Crippen molar-refractivity contribution in [3.05, 3.63) is 47.0 Å². The first-order valence-electron chi connectivity index (χ1n) is 7.66. The topological polar surface area (TPSA) is 38.3 Å². The summed E-state index contributed by atoms with van der Waals surface area (Å²) in [5.41, 5.74) is 3.33. The van der Waals surface area contributed by atoms with Crippen molar-refractivity contribution in [3.63, 3.8) is 0 Å². The molecule has 0 saturated heterocycles. The fourth-order valence-corrected chi connectivity index (χ4v) is 3.17. The number of carbonyl (C=O) groups excluding carboxylic acids is 1. The van der Waals surface area contributed by atoms with Crippen LogP contribution in [0.4, 0.5) is 14.5 Å². The number of carbonyl (C=O) groups is 1. The lowest BCUT2D eigenvalue weighted by Gasteiger charge is -2.12. The molecule has 24 heavy (non-hydrogen) atoms. The molecule has 1 aliphatic carbocycles. The molecule has 0 bridgehead atoms. The van der Waals surface area contributed by atoms with Gasteiger partial charge >= 0.3 is 0 Å². The van der Waals surface area contributed by atoms with E-state index in [-0.39, 0.29) is 18.9 Å². The van der Waals surface area contributed by atoms with E-state index in [4.69, 9.17) is 16.3 Å². The van der Waals surface area contributed by atoms with Gasteiger partial charge in [-0.1, -0.05) is 29.8 Å². The number of amides is 1. The normalized spacial score (nSPS) is 20.5. The van der Waals surface area contributed by atoms with E-state index >= 15 is 0 Å². The van der Waals surface area contributed by atoms with Gasteiger partial charge in [-0.15, -0.1) is 0 Å². The molecule has 1 amide bonds. The van der Waals surface area contributed by atoms with Crippen LogP contribution in [-0.2, 0) is 11.2 Å². The third-order valence-corrected chi connectivity index (χ3v) is 4.79. The summed E-state index contributed by atoms with van der Waals surface area (Å²) in [5.74, 6) is -2.97. The van der Waals surface area contributed by atoms with Crippen LogP contribution in [0.2, 0.25) is 5.02 Å². The molecule has 6 heteroatoms. The van der Waals surface area contributed by atoms with Crippen molar-refractivity contribution < 1.29 is 18.3 Å². The van der Waals surface area contributed by atoms with Crippen molar-refractivity contribution in [2.45, 2.75) is 18.8 Å². The van der Waals surface area contributed by atoms with Gasteiger partial charge in [0.15, 0.2) is 0 Å². The van der Waals surface area contributed by atoms with E-state index in [9.17, 15) is 13.6 Å². The standard InChI is InChI=1S/C18H14ClF2NO2/c19-17-13(10-4-5-14-11(6-10)7-16(23)22-14)2-1-3-15(17)24-9-12-8-18(12,20)21/h1-6,12H,7-9H2,(H,22,23). The Morgan fingerprint density at radius 2 is 2.08 bits per heavy atom. The molecule has 0 aromatic heterocycles. The monoisotopic (exact) mass is 349 g/mol. The number of alkyl halides is 2. The number of nitrogens with one attached hydrogen (secondary N) is 1. The number of rotatable bonds is 4. The van der Waals surface area contributed by atoms with Crippen molar-refractivity contribution in [1.82, 2.24) is 0 Å². The van der Waals surface area contributed by atoms with Crippen LogP contribution in [0.25, 0.3) is 11.1 Å². The molecule has 1 N–H and O–H groups in total. The molecule has 3 nitrogen and oxygen atoms in total. The molecule has 1 fully saturated rings. The molecule has 1 unspecified atom stereocenters. The zero-order chi connectivity index (χ0) is 16.9. The SMILES string of the molecule is O=C1Cc2cc(-c3cccc(OCC4CC4(F)F)c3Cl)ccc2N1. The third kappa shape index (κ3) is 2.73. The Morgan fingerprint density at radius 3 is 2.83 bits per heavy atom. The fourth-order valence-electron chi connectivity index (χ4n) is 2.88. The second-order valence-electron chi connectivity index (χ2n) is 6.19. The summed E-state index contributed by atoms with van der Waals surface area (Å²) in [4.78, 5) is 11.5. The quantitative estimate of drug-likeness (QED) is 0.880. The predicted molar refractivity (Wildman–Crippen MR) is 87.8 cm³/mol. The average Bonchev–Trinajstić information content (AvgIpc) is 2.97. The van der Waals surface area contributed by atoms with Gasteiger partial charge in [-0.05, 0) is 29.3 Å². The molecule has 124 valence electrons. The van der Waals surface area contributed by atoms with E-state index in [0.29, 0.717) is 17.2 Å². The van der Waals surface area contributed by atoms with Gasteiger partial charge in [0, 0.05) is 17.7 Å². The van der Waals surface area contributed by atoms with Crippen LogP contribution in [0.5, 0.6) is 5.75 Å². The zero-order valence-corrected chi connectivity index (χ0v) is 13.4. The highest BCUT2D eigenvalue weighted by Crippen LogP contribution is 2.49. The highest BCUT2D eigenvalue weighted by atomic mass is 35.5. The summed E-state index contributed by atoms with van der Waals surface area (Å²) < 4.78 is 31.4. The molecule has 2 aromatic carbocycles. The van der Waals surface area contributed by atoms with Gasteiger partial charge in [0.05, 0.1) is 24.0 Å². The minimum atomic E-state index is -2.61. The smallest absolute Gasteiger partial charge is 0.255 e.